The number of carbonyl (C=O) groups excluding carboxylic acids is 2. The van der Waals surface area contributed by atoms with Crippen LogP contribution < -0.4 is 20.1 Å². The number of anilines is 1. The van der Waals surface area contributed by atoms with E-state index in [9.17, 15) is 9.59 Å². The van der Waals surface area contributed by atoms with Gasteiger partial charge in [-0.15, -0.1) is 0 Å². The standard InChI is InChI=1S/C22H27N3O4/c1-28-19-11-10-16(15-20(19)29-2)12-13-23-22(27)25-14-6-9-18(25)21(26)24-17-7-4-3-5-8-17/h3-5,7-8,10-11,15,18H,6,9,12-14H2,1-2H3,(H,23,27)(H,24,26)/t18-/m0/s1. The lowest BCUT2D eigenvalue weighted by Crippen LogP contribution is -2.48. The van der Waals surface area contributed by atoms with Gasteiger partial charge in [0.25, 0.3) is 0 Å². The highest BCUT2D eigenvalue weighted by atomic mass is 16.5. The molecule has 0 aliphatic carbocycles. The van der Waals surface area contributed by atoms with Gasteiger partial charge in [-0.05, 0) is 49.1 Å². The van der Waals surface area contributed by atoms with Gasteiger partial charge in [0.1, 0.15) is 6.04 Å². The van der Waals surface area contributed by atoms with Crippen LogP contribution in [0.2, 0.25) is 0 Å². The number of amides is 3. The largest absolute Gasteiger partial charge is 0.493 e. The first-order valence-electron chi connectivity index (χ1n) is 9.73. The predicted octanol–water partition coefficient (Wildman–Crippen LogP) is 3.06. The van der Waals surface area contributed by atoms with E-state index < -0.39 is 6.04 Å². The molecule has 0 bridgehead atoms. The Kier molecular flexibility index (Phi) is 6.94. The molecular weight excluding hydrogens is 370 g/mol. The summed E-state index contributed by atoms with van der Waals surface area (Å²) in [6, 6.07) is 14.3. The van der Waals surface area contributed by atoms with E-state index >= 15 is 0 Å². The van der Waals surface area contributed by atoms with Crippen LogP contribution in [0, 0.1) is 0 Å². The van der Waals surface area contributed by atoms with Crippen molar-refractivity contribution < 1.29 is 19.1 Å². The molecule has 2 aromatic carbocycles. The summed E-state index contributed by atoms with van der Waals surface area (Å²) in [5.74, 6) is 1.18. The second-order valence-electron chi connectivity index (χ2n) is 6.88. The van der Waals surface area contributed by atoms with Gasteiger partial charge in [-0.1, -0.05) is 24.3 Å². The molecule has 2 aromatic rings. The number of para-hydroxylation sites is 1. The van der Waals surface area contributed by atoms with Gasteiger partial charge < -0.3 is 25.0 Å². The molecule has 0 radical (unpaired) electrons. The van der Waals surface area contributed by atoms with Gasteiger partial charge in [0, 0.05) is 18.8 Å². The van der Waals surface area contributed by atoms with E-state index in [1.807, 2.05) is 48.5 Å². The van der Waals surface area contributed by atoms with E-state index in [0.29, 0.717) is 37.4 Å². The number of urea groups is 1. The third kappa shape index (κ3) is 5.19. The number of nitrogens with one attached hydrogen (secondary N) is 2. The Bertz CT molecular complexity index is 841. The zero-order valence-corrected chi connectivity index (χ0v) is 16.8. The van der Waals surface area contributed by atoms with Crippen LogP contribution in [0.15, 0.2) is 48.5 Å². The highest BCUT2D eigenvalue weighted by Gasteiger charge is 2.34. The number of hydrogen-bond acceptors (Lipinski definition) is 4. The van der Waals surface area contributed by atoms with Crippen LogP contribution in [0.25, 0.3) is 0 Å². The molecule has 0 spiro atoms. The molecule has 2 N–H and O–H groups in total. The molecule has 1 aliphatic rings. The molecule has 1 atom stereocenters. The first kappa shape index (κ1) is 20.5. The summed E-state index contributed by atoms with van der Waals surface area (Å²) in [4.78, 5) is 26.8. The van der Waals surface area contributed by atoms with Crippen LogP contribution in [0.3, 0.4) is 0 Å². The second-order valence-corrected chi connectivity index (χ2v) is 6.88. The molecule has 1 aliphatic heterocycles. The number of ether oxygens (including phenoxy) is 2. The van der Waals surface area contributed by atoms with Gasteiger partial charge >= 0.3 is 6.03 Å². The van der Waals surface area contributed by atoms with Crippen LogP contribution in [-0.2, 0) is 11.2 Å². The minimum Gasteiger partial charge on any atom is -0.493 e. The molecule has 1 fully saturated rings. The van der Waals surface area contributed by atoms with Crippen LogP contribution >= 0.6 is 0 Å². The molecule has 7 heteroatoms. The van der Waals surface area contributed by atoms with E-state index in [-0.39, 0.29) is 11.9 Å². The fourth-order valence-electron chi connectivity index (χ4n) is 3.48. The molecule has 154 valence electrons. The SMILES string of the molecule is COc1ccc(CCNC(=O)N2CCC[C@H]2C(=O)Nc2ccccc2)cc1OC. The number of rotatable bonds is 7. The van der Waals surface area contributed by atoms with Crippen molar-refractivity contribution in [2.45, 2.75) is 25.3 Å². The second kappa shape index (κ2) is 9.82. The van der Waals surface area contributed by atoms with E-state index in [1.165, 1.54) is 0 Å². The van der Waals surface area contributed by atoms with Crippen LogP contribution in [-0.4, -0.2) is 50.2 Å². The van der Waals surface area contributed by atoms with E-state index in [4.69, 9.17) is 9.47 Å². The van der Waals surface area contributed by atoms with Crippen molar-refractivity contribution in [1.29, 1.82) is 0 Å². The first-order chi connectivity index (χ1) is 14.1. The lowest BCUT2D eigenvalue weighted by Gasteiger charge is -2.24. The van der Waals surface area contributed by atoms with Gasteiger partial charge in [-0.25, -0.2) is 4.79 Å². The molecule has 3 amide bonds. The van der Waals surface area contributed by atoms with E-state index in [1.54, 1.807) is 19.1 Å². The summed E-state index contributed by atoms with van der Waals surface area (Å²) in [6.07, 6.45) is 2.14. The Morgan fingerprint density at radius 1 is 1.07 bits per heavy atom. The minimum atomic E-state index is -0.448. The van der Waals surface area contributed by atoms with E-state index in [2.05, 4.69) is 10.6 Å². The van der Waals surface area contributed by atoms with Gasteiger partial charge in [-0.3, -0.25) is 4.79 Å². The highest BCUT2D eigenvalue weighted by Crippen LogP contribution is 2.27. The fraction of sp³-hybridized carbons (Fsp3) is 0.364. The average molecular weight is 397 g/mol. The van der Waals surface area contributed by atoms with Gasteiger partial charge in [0.05, 0.1) is 14.2 Å². The van der Waals surface area contributed by atoms with Crippen molar-refractivity contribution in [3.05, 3.63) is 54.1 Å². The maximum Gasteiger partial charge on any atom is 0.318 e. The summed E-state index contributed by atoms with van der Waals surface area (Å²) in [5, 5.41) is 5.81. The van der Waals surface area contributed by atoms with Crippen molar-refractivity contribution in [1.82, 2.24) is 10.2 Å². The van der Waals surface area contributed by atoms with Crippen molar-refractivity contribution in [2.75, 3.05) is 32.6 Å². The van der Waals surface area contributed by atoms with Crippen molar-refractivity contribution in [3.8, 4) is 11.5 Å². The van der Waals surface area contributed by atoms with Gasteiger partial charge in [0.15, 0.2) is 11.5 Å². The fourth-order valence-corrected chi connectivity index (χ4v) is 3.48. The summed E-state index contributed by atoms with van der Waals surface area (Å²) in [6.45, 7) is 1.05. The molecule has 0 saturated carbocycles. The van der Waals surface area contributed by atoms with Crippen LogP contribution in [0.1, 0.15) is 18.4 Å². The molecular formula is C22H27N3O4. The molecule has 7 nitrogen and oxygen atoms in total. The maximum atomic E-state index is 12.6. The number of nitrogens with zero attached hydrogens (tertiary/aromatic N) is 1. The maximum absolute atomic E-state index is 12.6. The minimum absolute atomic E-state index is 0.149. The Hall–Kier alpha value is -3.22. The lowest BCUT2D eigenvalue weighted by molar-refractivity contribution is -0.119. The Morgan fingerprint density at radius 3 is 2.55 bits per heavy atom. The van der Waals surface area contributed by atoms with Crippen molar-refractivity contribution >= 4 is 17.6 Å². The quantitative estimate of drug-likeness (QED) is 0.753. The number of likely N-dealkylation sites (tertiary alicyclic amines) is 1. The zero-order valence-electron chi connectivity index (χ0n) is 16.8. The third-order valence-electron chi connectivity index (χ3n) is 5.00. The van der Waals surface area contributed by atoms with Crippen molar-refractivity contribution in [2.24, 2.45) is 0 Å². The monoisotopic (exact) mass is 397 g/mol. The van der Waals surface area contributed by atoms with Crippen molar-refractivity contribution in [3.63, 3.8) is 0 Å². The summed E-state index contributed by atoms with van der Waals surface area (Å²) in [5.41, 5.74) is 1.76. The number of methoxy groups -OCH3 is 2. The van der Waals surface area contributed by atoms with Crippen LogP contribution in [0.4, 0.5) is 10.5 Å². The van der Waals surface area contributed by atoms with Gasteiger partial charge in [0.2, 0.25) is 5.91 Å². The Morgan fingerprint density at radius 2 is 1.83 bits per heavy atom. The summed E-state index contributed by atoms with van der Waals surface area (Å²) < 4.78 is 10.5. The third-order valence-corrected chi connectivity index (χ3v) is 5.00. The van der Waals surface area contributed by atoms with Crippen LogP contribution in [0.5, 0.6) is 11.5 Å². The zero-order chi connectivity index (χ0) is 20.6. The normalized spacial score (nSPS) is 15.7. The Labute approximate surface area is 171 Å². The average Bonchev–Trinajstić information content (AvgIpc) is 3.24. The molecule has 3 rings (SSSR count). The van der Waals surface area contributed by atoms with E-state index in [0.717, 1.165) is 17.7 Å². The number of hydrogen-bond donors (Lipinski definition) is 2. The smallest absolute Gasteiger partial charge is 0.318 e. The Balaban J connectivity index is 1.52. The number of carbonyl (C=O) groups is 2. The van der Waals surface area contributed by atoms with Gasteiger partial charge in [-0.2, -0.15) is 0 Å². The number of benzene rings is 2. The predicted molar refractivity (Wildman–Crippen MR) is 111 cm³/mol. The molecule has 1 saturated heterocycles. The topological polar surface area (TPSA) is 79.9 Å². The summed E-state index contributed by atoms with van der Waals surface area (Å²) in [7, 11) is 3.19. The first-order valence-corrected chi connectivity index (χ1v) is 9.73. The highest BCUT2D eigenvalue weighted by molar-refractivity contribution is 5.97. The molecule has 0 unspecified atom stereocenters. The molecule has 29 heavy (non-hydrogen) atoms. The lowest BCUT2D eigenvalue weighted by atomic mass is 10.1. The molecule has 0 aromatic heterocycles. The molecule has 1 heterocycles. The summed E-state index contributed by atoms with van der Waals surface area (Å²) >= 11 is 0.